The maximum atomic E-state index is 5.75. The van der Waals surface area contributed by atoms with Crippen LogP contribution in [0.3, 0.4) is 0 Å². The first-order valence-electron chi connectivity index (χ1n) is 5.86. The highest BCUT2D eigenvalue weighted by Gasteiger charge is 2.43. The van der Waals surface area contributed by atoms with Crippen molar-refractivity contribution in [3.05, 3.63) is 24.2 Å². The van der Waals surface area contributed by atoms with Gasteiger partial charge < -0.3 is 9.32 Å². The Bertz CT molecular complexity index is 315. The Morgan fingerprint density at radius 1 is 1.44 bits per heavy atom. The number of nitrogens with two attached hydrogens (primary N) is 1. The highest BCUT2D eigenvalue weighted by molar-refractivity contribution is 5.19. The summed E-state index contributed by atoms with van der Waals surface area (Å²) in [7, 11) is 4.27. The highest BCUT2D eigenvalue weighted by atomic mass is 16.3. The van der Waals surface area contributed by atoms with Crippen LogP contribution in [0.15, 0.2) is 23.0 Å². The molecule has 0 saturated heterocycles. The standard InChI is InChI=1S/C12H21N3O/c1-15(2)12(6-3-4-7-12)11(14-13)10-5-8-16-9-10/h5,8-9,11,14H,3-4,6-7,13H2,1-2H3. The number of likely N-dealkylation sites (N-methyl/N-ethyl adjacent to an activating group) is 1. The van der Waals surface area contributed by atoms with E-state index in [-0.39, 0.29) is 11.6 Å². The maximum absolute atomic E-state index is 5.75. The Balaban J connectivity index is 2.30. The molecule has 1 unspecified atom stereocenters. The van der Waals surface area contributed by atoms with E-state index >= 15 is 0 Å². The maximum Gasteiger partial charge on any atom is 0.0951 e. The quantitative estimate of drug-likeness (QED) is 0.602. The zero-order chi connectivity index (χ0) is 11.6. The lowest BCUT2D eigenvalue weighted by Gasteiger charge is -2.42. The molecule has 1 saturated carbocycles. The topological polar surface area (TPSA) is 54.4 Å². The molecule has 1 aliphatic rings. The molecule has 1 heterocycles. The van der Waals surface area contributed by atoms with Crippen molar-refractivity contribution in [1.29, 1.82) is 0 Å². The number of nitrogens with one attached hydrogen (secondary N) is 1. The lowest BCUT2D eigenvalue weighted by molar-refractivity contribution is 0.104. The molecule has 0 amide bonds. The van der Waals surface area contributed by atoms with Gasteiger partial charge >= 0.3 is 0 Å². The Kier molecular flexibility index (Phi) is 3.33. The third-order valence-electron chi connectivity index (χ3n) is 3.94. The van der Waals surface area contributed by atoms with Crippen molar-refractivity contribution in [3.63, 3.8) is 0 Å². The molecule has 1 aliphatic carbocycles. The van der Waals surface area contributed by atoms with E-state index in [2.05, 4.69) is 24.4 Å². The number of hydrogen-bond acceptors (Lipinski definition) is 4. The second-order valence-corrected chi connectivity index (χ2v) is 4.86. The summed E-state index contributed by atoms with van der Waals surface area (Å²) in [6, 6.07) is 2.14. The van der Waals surface area contributed by atoms with Crippen LogP contribution in [0.1, 0.15) is 37.3 Å². The van der Waals surface area contributed by atoms with Crippen LogP contribution >= 0.6 is 0 Å². The van der Waals surface area contributed by atoms with Crippen molar-refractivity contribution in [2.45, 2.75) is 37.3 Å². The van der Waals surface area contributed by atoms with E-state index in [1.165, 1.54) is 25.7 Å². The second-order valence-electron chi connectivity index (χ2n) is 4.86. The largest absolute Gasteiger partial charge is 0.472 e. The SMILES string of the molecule is CN(C)C1(C(NN)c2ccoc2)CCCC1. The first-order valence-corrected chi connectivity index (χ1v) is 5.86. The molecule has 0 aromatic carbocycles. The van der Waals surface area contributed by atoms with Gasteiger partial charge in [0, 0.05) is 11.1 Å². The Morgan fingerprint density at radius 3 is 2.56 bits per heavy atom. The molecule has 4 heteroatoms. The molecule has 0 spiro atoms. The van der Waals surface area contributed by atoms with E-state index in [1.807, 2.05) is 6.07 Å². The van der Waals surface area contributed by atoms with Crippen LogP contribution in [-0.2, 0) is 0 Å². The summed E-state index contributed by atoms with van der Waals surface area (Å²) < 4.78 is 5.17. The minimum Gasteiger partial charge on any atom is -0.472 e. The number of furan rings is 1. The van der Waals surface area contributed by atoms with Gasteiger partial charge in [0.1, 0.15) is 0 Å². The second kappa shape index (κ2) is 4.57. The molecule has 0 aliphatic heterocycles. The molecule has 4 nitrogen and oxygen atoms in total. The lowest BCUT2D eigenvalue weighted by Crippen LogP contribution is -2.53. The van der Waals surface area contributed by atoms with Crippen LogP contribution in [0.25, 0.3) is 0 Å². The summed E-state index contributed by atoms with van der Waals surface area (Å²) in [5.41, 5.74) is 4.23. The van der Waals surface area contributed by atoms with Crippen LogP contribution in [0.5, 0.6) is 0 Å². The zero-order valence-electron chi connectivity index (χ0n) is 10.1. The molecule has 1 atom stereocenters. The first kappa shape index (κ1) is 11.6. The highest BCUT2D eigenvalue weighted by Crippen LogP contribution is 2.43. The number of hydrazine groups is 1. The number of hydrogen-bond donors (Lipinski definition) is 2. The molecule has 90 valence electrons. The van der Waals surface area contributed by atoms with Crippen LogP contribution in [-0.4, -0.2) is 24.5 Å². The minimum absolute atomic E-state index is 0.124. The Hall–Kier alpha value is -0.840. The first-order chi connectivity index (χ1) is 7.70. The third-order valence-corrected chi connectivity index (χ3v) is 3.94. The van der Waals surface area contributed by atoms with E-state index in [4.69, 9.17) is 10.3 Å². The molecule has 1 aromatic rings. The predicted octanol–water partition coefficient (Wildman–Crippen LogP) is 1.66. The van der Waals surface area contributed by atoms with Crippen molar-refractivity contribution in [1.82, 2.24) is 10.3 Å². The molecule has 0 radical (unpaired) electrons. The van der Waals surface area contributed by atoms with Gasteiger partial charge in [0.25, 0.3) is 0 Å². The molecular weight excluding hydrogens is 202 g/mol. The fourth-order valence-electron chi connectivity index (χ4n) is 2.98. The van der Waals surface area contributed by atoms with Crippen molar-refractivity contribution < 1.29 is 4.42 Å². The van der Waals surface area contributed by atoms with Gasteiger partial charge in [-0.25, -0.2) is 0 Å². The predicted molar refractivity (Wildman–Crippen MR) is 63.7 cm³/mol. The summed E-state index contributed by atoms with van der Waals surface area (Å²) in [4.78, 5) is 2.30. The van der Waals surface area contributed by atoms with E-state index < -0.39 is 0 Å². The van der Waals surface area contributed by atoms with E-state index in [1.54, 1.807) is 12.5 Å². The van der Waals surface area contributed by atoms with Gasteiger partial charge in [-0.05, 0) is 33.0 Å². The summed E-state index contributed by atoms with van der Waals surface area (Å²) in [6.07, 6.45) is 8.40. The van der Waals surface area contributed by atoms with Crippen molar-refractivity contribution in [2.24, 2.45) is 5.84 Å². The monoisotopic (exact) mass is 223 g/mol. The van der Waals surface area contributed by atoms with E-state index in [0.29, 0.717) is 0 Å². The smallest absolute Gasteiger partial charge is 0.0951 e. The zero-order valence-corrected chi connectivity index (χ0v) is 10.1. The van der Waals surface area contributed by atoms with Gasteiger partial charge in [0.05, 0.1) is 18.6 Å². The van der Waals surface area contributed by atoms with Crippen LogP contribution < -0.4 is 11.3 Å². The summed E-state index contributed by atoms with van der Waals surface area (Å²) in [5.74, 6) is 5.75. The normalized spacial score (nSPS) is 21.5. The van der Waals surface area contributed by atoms with Crippen LogP contribution in [0.2, 0.25) is 0 Å². The van der Waals surface area contributed by atoms with E-state index in [9.17, 15) is 0 Å². The Labute approximate surface area is 96.8 Å². The average Bonchev–Trinajstić information content (AvgIpc) is 2.89. The lowest BCUT2D eigenvalue weighted by atomic mass is 9.84. The summed E-state index contributed by atoms with van der Waals surface area (Å²) in [5, 5.41) is 0. The van der Waals surface area contributed by atoms with Gasteiger partial charge in [0.15, 0.2) is 0 Å². The van der Waals surface area contributed by atoms with Crippen molar-refractivity contribution in [3.8, 4) is 0 Å². The number of rotatable bonds is 4. The average molecular weight is 223 g/mol. The molecular formula is C12H21N3O. The fraction of sp³-hybridized carbons (Fsp3) is 0.667. The molecule has 1 aromatic heterocycles. The van der Waals surface area contributed by atoms with Gasteiger partial charge in [-0.2, -0.15) is 0 Å². The van der Waals surface area contributed by atoms with Crippen molar-refractivity contribution in [2.75, 3.05) is 14.1 Å². The third kappa shape index (κ3) is 1.77. The van der Waals surface area contributed by atoms with Crippen LogP contribution in [0.4, 0.5) is 0 Å². The Morgan fingerprint density at radius 2 is 2.12 bits per heavy atom. The van der Waals surface area contributed by atoms with Gasteiger partial charge in [-0.1, -0.05) is 12.8 Å². The fourth-order valence-corrected chi connectivity index (χ4v) is 2.98. The van der Waals surface area contributed by atoms with Crippen LogP contribution in [0, 0.1) is 0 Å². The summed E-state index contributed by atoms with van der Waals surface area (Å²) >= 11 is 0. The molecule has 0 bridgehead atoms. The summed E-state index contributed by atoms with van der Waals surface area (Å²) in [6.45, 7) is 0. The number of nitrogens with zero attached hydrogens (tertiary/aromatic N) is 1. The van der Waals surface area contributed by atoms with Gasteiger partial charge in [-0.15, -0.1) is 0 Å². The minimum atomic E-state index is 0.124. The van der Waals surface area contributed by atoms with Gasteiger partial charge in [-0.3, -0.25) is 11.3 Å². The van der Waals surface area contributed by atoms with Crippen molar-refractivity contribution >= 4 is 0 Å². The van der Waals surface area contributed by atoms with Gasteiger partial charge in [0.2, 0.25) is 0 Å². The molecule has 3 N–H and O–H groups in total. The molecule has 2 rings (SSSR count). The molecule has 16 heavy (non-hydrogen) atoms. The molecule has 1 fully saturated rings. The van der Waals surface area contributed by atoms with E-state index in [0.717, 1.165) is 5.56 Å².